The Morgan fingerprint density at radius 3 is 2.42 bits per heavy atom. The second kappa shape index (κ2) is 4.83. The van der Waals surface area contributed by atoms with Crippen LogP contribution in [0, 0.1) is 5.92 Å². The van der Waals surface area contributed by atoms with Crippen LogP contribution in [0.4, 0.5) is 4.39 Å². The van der Waals surface area contributed by atoms with Crippen LogP contribution in [0.15, 0.2) is 12.1 Å². The number of hydrogen-bond acceptors (Lipinski definition) is 3. The average Bonchev–Trinajstić information content (AvgIpc) is 2.75. The molecule has 2 N–H and O–H groups in total. The molecule has 6 nitrogen and oxygen atoms in total. The number of aromatic nitrogens is 1. The van der Waals surface area contributed by atoms with Crippen molar-refractivity contribution in [3.8, 4) is 0 Å². The maximum Gasteiger partial charge on any atom is 0.338 e. The van der Waals surface area contributed by atoms with Gasteiger partial charge in [-0.3, -0.25) is 9.59 Å². The van der Waals surface area contributed by atoms with Gasteiger partial charge in [-0.25, -0.2) is 9.18 Å². The van der Waals surface area contributed by atoms with Crippen LogP contribution >= 0.6 is 0 Å². The molecule has 0 radical (unpaired) electrons. The topological polar surface area (TPSA) is 90.5 Å². The number of halogens is 1. The van der Waals surface area contributed by atoms with E-state index in [1.165, 1.54) is 24.0 Å². The second-order valence-electron chi connectivity index (χ2n) is 4.55. The standard InChI is InChI=1S/C12H13FN2O4/c1-6(16)8-2-3-9(14-8)11(17)15-4-7(5-15)10(13)12(18)19/h2-3,7,10,14H,4-5H2,1H3,(H,18,19). The third-order valence-corrected chi connectivity index (χ3v) is 3.14. The summed E-state index contributed by atoms with van der Waals surface area (Å²) in [6.45, 7) is 1.52. The van der Waals surface area contributed by atoms with E-state index in [0.29, 0.717) is 5.69 Å². The van der Waals surface area contributed by atoms with Gasteiger partial charge in [-0.1, -0.05) is 0 Å². The number of Topliss-reactive ketones (excluding diaryl/α,β-unsaturated/α-hetero) is 1. The SMILES string of the molecule is CC(=O)c1ccc(C(=O)N2CC(C(F)C(=O)O)C2)[nH]1. The number of likely N-dealkylation sites (tertiary alicyclic amines) is 1. The summed E-state index contributed by atoms with van der Waals surface area (Å²) in [6, 6.07) is 2.98. The van der Waals surface area contributed by atoms with Crippen LogP contribution in [-0.4, -0.2) is 51.9 Å². The van der Waals surface area contributed by atoms with E-state index in [1.807, 2.05) is 0 Å². The van der Waals surface area contributed by atoms with Gasteiger partial charge < -0.3 is 15.0 Å². The van der Waals surface area contributed by atoms with Gasteiger partial charge in [-0.05, 0) is 12.1 Å². The van der Waals surface area contributed by atoms with E-state index in [2.05, 4.69) is 4.98 Å². The molecule has 7 heteroatoms. The van der Waals surface area contributed by atoms with Crippen LogP contribution in [0.3, 0.4) is 0 Å². The first-order valence-electron chi connectivity index (χ1n) is 5.76. The number of carbonyl (C=O) groups is 3. The van der Waals surface area contributed by atoms with Crippen molar-refractivity contribution in [1.82, 2.24) is 9.88 Å². The van der Waals surface area contributed by atoms with E-state index in [4.69, 9.17) is 5.11 Å². The average molecular weight is 268 g/mol. The molecule has 0 aliphatic carbocycles. The number of aliphatic carboxylic acids is 1. The molecule has 2 heterocycles. The summed E-state index contributed by atoms with van der Waals surface area (Å²) >= 11 is 0. The molecular formula is C12H13FN2O4. The van der Waals surface area contributed by atoms with Crippen molar-refractivity contribution in [1.29, 1.82) is 0 Å². The molecule has 1 amide bonds. The number of H-pyrrole nitrogens is 1. The van der Waals surface area contributed by atoms with E-state index in [-0.39, 0.29) is 30.5 Å². The van der Waals surface area contributed by atoms with Gasteiger partial charge >= 0.3 is 5.97 Å². The van der Waals surface area contributed by atoms with E-state index in [9.17, 15) is 18.8 Å². The maximum atomic E-state index is 13.1. The summed E-state index contributed by atoms with van der Waals surface area (Å²) in [4.78, 5) is 37.5. The number of amides is 1. The van der Waals surface area contributed by atoms with Gasteiger partial charge in [-0.15, -0.1) is 0 Å². The third kappa shape index (κ3) is 2.49. The lowest BCUT2D eigenvalue weighted by Crippen LogP contribution is -2.55. The number of hydrogen-bond donors (Lipinski definition) is 2. The van der Waals surface area contributed by atoms with Crippen LogP contribution in [0.1, 0.15) is 27.9 Å². The Balaban J connectivity index is 1.96. The molecule has 1 aromatic rings. The molecule has 1 atom stereocenters. The number of carboxylic acids is 1. The molecule has 0 aromatic carbocycles. The van der Waals surface area contributed by atoms with Crippen LogP contribution in [-0.2, 0) is 4.79 Å². The molecule has 1 saturated heterocycles. The van der Waals surface area contributed by atoms with Gasteiger partial charge in [0, 0.05) is 25.9 Å². The van der Waals surface area contributed by atoms with Crippen molar-refractivity contribution in [3.63, 3.8) is 0 Å². The minimum atomic E-state index is -1.94. The van der Waals surface area contributed by atoms with E-state index >= 15 is 0 Å². The lowest BCUT2D eigenvalue weighted by molar-refractivity contribution is -0.147. The summed E-state index contributed by atoms with van der Waals surface area (Å²) < 4.78 is 13.1. The zero-order valence-corrected chi connectivity index (χ0v) is 10.2. The molecule has 19 heavy (non-hydrogen) atoms. The fourth-order valence-electron chi connectivity index (χ4n) is 1.96. The maximum absolute atomic E-state index is 13.1. The molecule has 1 aliphatic rings. The summed E-state index contributed by atoms with van der Waals surface area (Å²) in [5, 5.41) is 8.50. The minimum Gasteiger partial charge on any atom is -0.479 e. The minimum absolute atomic E-state index is 0.0702. The first-order valence-corrected chi connectivity index (χ1v) is 5.76. The molecule has 1 unspecified atom stereocenters. The normalized spacial score (nSPS) is 16.8. The number of nitrogens with zero attached hydrogens (tertiary/aromatic N) is 1. The first-order chi connectivity index (χ1) is 8.90. The molecule has 0 bridgehead atoms. The lowest BCUT2D eigenvalue weighted by atomic mass is 9.94. The fourth-order valence-corrected chi connectivity index (χ4v) is 1.96. The van der Waals surface area contributed by atoms with Crippen LogP contribution < -0.4 is 0 Å². The number of alkyl halides is 1. The van der Waals surface area contributed by atoms with Crippen LogP contribution in [0.2, 0.25) is 0 Å². The molecule has 102 valence electrons. The number of carboxylic acid groups (broad SMARTS) is 1. The fraction of sp³-hybridized carbons (Fsp3) is 0.417. The van der Waals surface area contributed by atoms with Gasteiger partial charge in [0.2, 0.25) is 6.17 Å². The van der Waals surface area contributed by atoms with Crippen LogP contribution in [0.5, 0.6) is 0 Å². The van der Waals surface area contributed by atoms with Gasteiger partial charge in [-0.2, -0.15) is 0 Å². The number of aromatic amines is 1. The Labute approximate surface area is 108 Å². The van der Waals surface area contributed by atoms with E-state index in [1.54, 1.807) is 0 Å². The summed E-state index contributed by atoms with van der Waals surface area (Å²) in [5.74, 6) is -2.71. The van der Waals surface area contributed by atoms with Gasteiger partial charge in [0.15, 0.2) is 5.78 Å². The monoisotopic (exact) mass is 268 g/mol. The summed E-state index contributed by atoms with van der Waals surface area (Å²) in [6.07, 6.45) is -1.94. The zero-order valence-electron chi connectivity index (χ0n) is 10.2. The predicted octanol–water partition coefficient (Wildman–Crippen LogP) is 0.712. The highest BCUT2D eigenvalue weighted by atomic mass is 19.1. The Kier molecular flexibility index (Phi) is 3.37. The molecule has 1 aliphatic heterocycles. The Bertz CT molecular complexity index is 534. The first kappa shape index (κ1) is 13.3. The number of nitrogens with one attached hydrogen (secondary N) is 1. The third-order valence-electron chi connectivity index (χ3n) is 3.14. The Morgan fingerprint density at radius 2 is 1.95 bits per heavy atom. The second-order valence-corrected chi connectivity index (χ2v) is 4.55. The summed E-state index contributed by atoms with van der Waals surface area (Å²) in [7, 11) is 0. The molecule has 0 saturated carbocycles. The van der Waals surface area contributed by atoms with Crippen molar-refractivity contribution in [2.24, 2.45) is 5.92 Å². The molecule has 1 fully saturated rings. The molecule has 2 rings (SSSR count). The van der Waals surface area contributed by atoms with E-state index < -0.39 is 18.1 Å². The van der Waals surface area contributed by atoms with Gasteiger partial charge in [0.05, 0.1) is 5.69 Å². The smallest absolute Gasteiger partial charge is 0.338 e. The van der Waals surface area contributed by atoms with Crippen molar-refractivity contribution in [2.45, 2.75) is 13.1 Å². The van der Waals surface area contributed by atoms with E-state index in [0.717, 1.165) is 0 Å². The summed E-state index contributed by atoms with van der Waals surface area (Å²) in [5.41, 5.74) is 0.573. The lowest BCUT2D eigenvalue weighted by Gasteiger charge is -2.39. The van der Waals surface area contributed by atoms with Crippen molar-refractivity contribution in [2.75, 3.05) is 13.1 Å². The quantitative estimate of drug-likeness (QED) is 0.787. The van der Waals surface area contributed by atoms with Crippen molar-refractivity contribution < 1.29 is 23.9 Å². The number of carbonyl (C=O) groups excluding carboxylic acids is 2. The molecule has 1 aromatic heterocycles. The van der Waals surface area contributed by atoms with Crippen LogP contribution in [0.25, 0.3) is 0 Å². The Morgan fingerprint density at radius 1 is 1.37 bits per heavy atom. The highest BCUT2D eigenvalue weighted by molar-refractivity contribution is 5.97. The number of ketones is 1. The van der Waals surface area contributed by atoms with Crippen molar-refractivity contribution in [3.05, 3.63) is 23.5 Å². The number of rotatable bonds is 4. The Hall–Kier alpha value is -2.18. The van der Waals surface area contributed by atoms with Gasteiger partial charge in [0.25, 0.3) is 5.91 Å². The zero-order chi connectivity index (χ0) is 14.2. The predicted molar refractivity (Wildman–Crippen MR) is 62.7 cm³/mol. The largest absolute Gasteiger partial charge is 0.479 e. The molecular weight excluding hydrogens is 255 g/mol. The molecule has 0 spiro atoms. The highest BCUT2D eigenvalue weighted by Crippen LogP contribution is 2.23. The van der Waals surface area contributed by atoms with Gasteiger partial charge in [0.1, 0.15) is 5.69 Å². The van der Waals surface area contributed by atoms with Crippen molar-refractivity contribution >= 4 is 17.7 Å². The highest BCUT2D eigenvalue weighted by Gasteiger charge is 2.40.